The molecule has 1 aliphatic rings. The molecular formula is C19H24F2N4O3S. The van der Waals surface area contributed by atoms with Crippen LogP contribution < -0.4 is 9.62 Å². The van der Waals surface area contributed by atoms with Gasteiger partial charge in [-0.1, -0.05) is 0 Å². The lowest BCUT2D eigenvalue weighted by molar-refractivity contribution is 0.0959. The van der Waals surface area contributed by atoms with E-state index in [1.54, 1.807) is 13.0 Å². The van der Waals surface area contributed by atoms with Crippen molar-refractivity contribution in [2.75, 3.05) is 35.8 Å². The molecule has 0 spiro atoms. The normalized spacial score (nSPS) is 19.2. The average Bonchev–Trinajstić information content (AvgIpc) is 2.66. The fraction of sp³-hybridized carbons (Fsp3) is 0.421. The molecule has 29 heavy (non-hydrogen) atoms. The van der Waals surface area contributed by atoms with E-state index in [2.05, 4.69) is 26.4 Å². The number of piperazine rings is 1. The molecule has 1 aliphatic heterocycles. The molecule has 10 heteroatoms. The van der Waals surface area contributed by atoms with Gasteiger partial charge < -0.3 is 10.0 Å². The number of nitrogens with one attached hydrogen (secondary N) is 1. The Labute approximate surface area is 169 Å². The molecule has 2 aromatic rings. The highest BCUT2D eigenvalue weighted by molar-refractivity contribution is 7.92. The number of benzene rings is 1. The summed E-state index contributed by atoms with van der Waals surface area (Å²) in [4.78, 5) is 8.45. The van der Waals surface area contributed by atoms with E-state index in [-0.39, 0.29) is 16.6 Å². The second kappa shape index (κ2) is 8.60. The van der Waals surface area contributed by atoms with Crippen molar-refractivity contribution in [3.05, 3.63) is 48.2 Å². The van der Waals surface area contributed by atoms with Gasteiger partial charge in [-0.2, -0.15) is 0 Å². The molecule has 7 nitrogen and oxygen atoms in total. The Morgan fingerprint density at radius 1 is 1.24 bits per heavy atom. The molecular weight excluding hydrogens is 402 g/mol. The van der Waals surface area contributed by atoms with Crippen LogP contribution >= 0.6 is 0 Å². The highest BCUT2D eigenvalue weighted by Crippen LogP contribution is 2.21. The third-order valence-corrected chi connectivity index (χ3v) is 6.16. The molecule has 1 fully saturated rings. The Balaban J connectivity index is 1.68. The summed E-state index contributed by atoms with van der Waals surface area (Å²) in [7, 11) is -3.98. The van der Waals surface area contributed by atoms with Crippen molar-refractivity contribution < 1.29 is 22.3 Å². The Kier molecular flexibility index (Phi) is 6.35. The average molecular weight is 426 g/mol. The van der Waals surface area contributed by atoms with E-state index in [1.807, 2.05) is 0 Å². The number of halogens is 2. The van der Waals surface area contributed by atoms with Crippen LogP contribution in [0, 0.1) is 11.6 Å². The third-order valence-electron chi connectivity index (χ3n) is 4.79. The van der Waals surface area contributed by atoms with Gasteiger partial charge in [0, 0.05) is 44.5 Å². The first-order valence-corrected chi connectivity index (χ1v) is 10.7. The number of rotatable bonds is 6. The first-order chi connectivity index (χ1) is 13.7. The van der Waals surface area contributed by atoms with Gasteiger partial charge in [-0.15, -0.1) is 0 Å². The summed E-state index contributed by atoms with van der Waals surface area (Å²) >= 11 is 0. The van der Waals surface area contributed by atoms with Gasteiger partial charge in [-0.25, -0.2) is 22.2 Å². The van der Waals surface area contributed by atoms with E-state index in [9.17, 15) is 22.3 Å². The van der Waals surface area contributed by atoms with Gasteiger partial charge in [0.2, 0.25) is 0 Å². The molecule has 0 bridgehead atoms. The summed E-state index contributed by atoms with van der Waals surface area (Å²) in [5.74, 6) is -1.54. The van der Waals surface area contributed by atoms with Crippen LogP contribution in [0.15, 0.2) is 41.4 Å². The zero-order valence-electron chi connectivity index (χ0n) is 16.2. The highest BCUT2D eigenvalue weighted by Gasteiger charge is 2.25. The quantitative estimate of drug-likeness (QED) is 0.736. The summed E-state index contributed by atoms with van der Waals surface area (Å²) < 4.78 is 53.5. The molecule has 2 N–H and O–H groups in total. The van der Waals surface area contributed by atoms with Crippen LogP contribution in [-0.2, 0) is 10.0 Å². The smallest absolute Gasteiger partial charge is 0.263 e. The minimum absolute atomic E-state index is 0.0731. The van der Waals surface area contributed by atoms with E-state index in [0.29, 0.717) is 25.5 Å². The highest BCUT2D eigenvalue weighted by atomic mass is 32.2. The topological polar surface area (TPSA) is 85.8 Å². The van der Waals surface area contributed by atoms with Crippen LogP contribution in [0.3, 0.4) is 0 Å². The summed E-state index contributed by atoms with van der Waals surface area (Å²) in [6.45, 7) is 6.62. The van der Waals surface area contributed by atoms with Crippen molar-refractivity contribution >= 4 is 21.5 Å². The number of sulfonamides is 1. The lowest BCUT2D eigenvalue weighted by atomic mass is 10.1. The molecule has 1 saturated heterocycles. The minimum atomic E-state index is -3.98. The zero-order chi connectivity index (χ0) is 21.2. The third kappa shape index (κ3) is 5.20. The maximum absolute atomic E-state index is 13.3. The Morgan fingerprint density at radius 2 is 2.00 bits per heavy atom. The molecule has 0 saturated carbocycles. The fourth-order valence-corrected chi connectivity index (χ4v) is 4.30. The molecule has 2 unspecified atom stereocenters. The second-order valence-electron chi connectivity index (χ2n) is 7.23. The summed E-state index contributed by atoms with van der Waals surface area (Å²) in [5.41, 5.74) is -0.0731. The first-order valence-electron chi connectivity index (χ1n) is 9.26. The molecule has 0 aliphatic carbocycles. The molecule has 1 aromatic carbocycles. The number of aromatic nitrogens is 1. The molecule has 0 amide bonds. The number of anilines is 2. The van der Waals surface area contributed by atoms with Crippen molar-refractivity contribution in [3.8, 4) is 0 Å². The maximum Gasteiger partial charge on any atom is 0.263 e. The molecule has 0 radical (unpaired) electrons. The summed E-state index contributed by atoms with van der Waals surface area (Å²) in [5, 5.41) is 9.58. The van der Waals surface area contributed by atoms with E-state index < -0.39 is 27.8 Å². The summed E-state index contributed by atoms with van der Waals surface area (Å²) in [6.07, 6.45) is 0.846. The minimum Gasteiger partial charge on any atom is -0.392 e. The molecule has 3 rings (SSSR count). The number of aliphatic hydroxyl groups is 1. The van der Waals surface area contributed by atoms with Crippen LogP contribution in [-0.4, -0.2) is 61.7 Å². The van der Waals surface area contributed by atoms with Gasteiger partial charge in [-0.05, 0) is 38.1 Å². The van der Waals surface area contributed by atoms with Crippen molar-refractivity contribution in [2.45, 2.75) is 30.9 Å². The van der Waals surface area contributed by atoms with Gasteiger partial charge in [0.05, 0.1) is 11.8 Å². The molecule has 158 valence electrons. The molecule has 2 atom stereocenters. The van der Waals surface area contributed by atoms with Gasteiger partial charge in [0.1, 0.15) is 10.7 Å². The Bertz CT molecular complexity index is 954. The maximum atomic E-state index is 13.3. The predicted octanol–water partition coefficient (Wildman–Crippen LogP) is 2.05. The number of pyridine rings is 1. The largest absolute Gasteiger partial charge is 0.392 e. The van der Waals surface area contributed by atoms with Crippen molar-refractivity contribution in [3.63, 3.8) is 0 Å². The predicted molar refractivity (Wildman–Crippen MR) is 106 cm³/mol. The van der Waals surface area contributed by atoms with Gasteiger partial charge in [0.15, 0.2) is 11.6 Å². The number of hydrogen-bond donors (Lipinski definition) is 2. The Hall–Kier alpha value is -2.30. The number of β-amino-alcohol motifs (C(OH)–C–C–N with tert-alkyl or cyclic N) is 1. The van der Waals surface area contributed by atoms with Crippen molar-refractivity contribution in [1.29, 1.82) is 0 Å². The van der Waals surface area contributed by atoms with Gasteiger partial charge in [-0.3, -0.25) is 9.62 Å². The number of nitrogens with zero attached hydrogens (tertiary/aromatic N) is 3. The molecule has 2 heterocycles. The zero-order valence-corrected chi connectivity index (χ0v) is 17.0. The molecule has 1 aromatic heterocycles. The van der Waals surface area contributed by atoms with E-state index in [4.69, 9.17) is 0 Å². The standard InChI is InChI=1S/C19H24F2N4O3S/c1-13-11-25(8-7-24(13)12-14(2)26)19-6-4-16(10-22-19)29(27,28)23-15-3-5-17(20)18(21)9-15/h3-6,9-10,13-14,23,26H,7-8,11-12H2,1-2H3. The van der Waals surface area contributed by atoms with Crippen molar-refractivity contribution in [1.82, 2.24) is 9.88 Å². The Morgan fingerprint density at radius 3 is 2.59 bits per heavy atom. The van der Waals surface area contributed by atoms with Crippen molar-refractivity contribution in [2.24, 2.45) is 0 Å². The van der Waals surface area contributed by atoms with Gasteiger partial charge in [0.25, 0.3) is 10.0 Å². The first kappa shape index (κ1) is 21.4. The van der Waals surface area contributed by atoms with E-state index in [1.165, 1.54) is 12.3 Å². The van der Waals surface area contributed by atoms with E-state index in [0.717, 1.165) is 24.7 Å². The fourth-order valence-electron chi connectivity index (χ4n) is 3.31. The van der Waals surface area contributed by atoms with Crippen LogP contribution in [0.4, 0.5) is 20.3 Å². The lowest BCUT2D eigenvalue weighted by Gasteiger charge is -2.40. The van der Waals surface area contributed by atoms with Crippen LogP contribution in [0.2, 0.25) is 0 Å². The van der Waals surface area contributed by atoms with Crippen LogP contribution in [0.5, 0.6) is 0 Å². The SMILES string of the molecule is CC(O)CN1CCN(c2ccc(S(=O)(=O)Nc3ccc(F)c(F)c3)cn2)CC1C. The van der Waals surface area contributed by atoms with Crippen LogP contribution in [0.1, 0.15) is 13.8 Å². The van der Waals surface area contributed by atoms with E-state index >= 15 is 0 Å². The second-order valence-corrected chi connectivity index (χ2v) is 8.91. The lowest BCUT2D eigenvalue weighted by Crippen LogP contribution is -2.53. The number of hydrogen-bond acceptors (Lipinski definition) is 6. The number of aliphatic hydroxyl groups excluding tert-OH is 1. The summed E-state index contributed by atoms with van der Waals surface area (Å²) in [6, 6.07) is 6.05. The van der Waals surface area contributed by atoms with Crippen LogP contribution in [0.25, 0.3) is 0 Å². The monoisotopic (exact) mass is 426 g/mol. The van der Waals surface area contributed by atoms with Gasteiger partial charge >= 0.3 is 0 Å².